The van der Waals surface area contributed by atoms with Gasteiger partial charge >= 0.3 is 0 Å². The molecule has 0 saturated carbocycles. The van der Waals surface area contributed by atoms with Crippen molar-refractivity contribution >= 4 is 30.0 Å². The highest BCUT2D eigenvalue weighted by Crippen LogP contribution is 2.39. The summed E-state index contributed by atoms with van der Waals surface area (Å²) in [6, 6.07) is 3.37. The van der Waals surface area contributed by atoms with Gasteiger partial charge in [0.25, 0.3) is 5.56 Å². The van der Waals surface area contributed by atoms with Gasteiger partial charge < -0.3 is 9.47 Å². The monoisotopic (exact) mass is 324 g/mol. The molecule has 0 bridgehead atoms. The number of fused-ring (bicyclic) bond motifs is 1. The van der Waals surface area contributed by atoms with Crippen LogP contribution >= 0.6 is 23.8 Å². The van der Waals surface area contributed by atoms with E-state index in [-0.39, 0.29) is 22.8 Å². The summed E-state index contributed by atoms with van der Waals surface area (Å²) in [5.41, 5.74) is 0.534. The Morgan fingerprint density at radius 1 is 1.52 bits per heavy atom. The Balaban J connectivity index is 2.02. The number of halogens is 1. The van der Waals surface area contributed by atoms with E-state index < -0.39 is 0 Å². The molecule has 0 radical (unpaired) electrons. The van der Waals surface area contributed by atoms with Crippen molar-refractivity contribution in [1.29, 1.82) is 0 Å². The molecule has 1 aromatic heterocycles. The number of aromatic amines is 1. The molecule has 0 fully saturated rings. The fourth-order valence-corrected chi connectivity index (χ4v) is 2.21. The second kappa shape index (κ2) is 5.30. The maximum Gasteiger partial charge on any atom is 0.296 e. The van der Waals surface area contributed by atoms with Crippen LogP contribution in [-0.2, 0) is 0 Å². The van der Waals surface area contributed by atoms with Crippen LogP contribution in [0.4, 0.5) is 0 Å². The Labute approximate surface area is 128 Å². The maximum atomic E-state index is 11.9. The van der Waals surface area contributed by atoms with E-state index in [4.69, 9.17) is 33.3 Å². The minimum atomic E-state index is -0.387. The molecule has 2 aromatic rings. The van der Waals surface area contributed by atoms with Crippen LogP contribution < -0.4 is 15.0 Å². The summed E-state index contributed by atoms with van der Waals surface area (Å²) in [5, 5.41) is 10.8. The van der Waals surface area contributed by atoms with Gasteiger partial charge in [-0.3, -0.25) is 9.89 Å². The van der Waals surface area contributed by atoms with Crippen LogP contribution in [0.5, 0.6) is 11.5 Å². The number of nitrogens with zero attached hydrogens (tertiary/aromatic N) is 3. The average molecular weight is 325 g/mol. The number of hydrogen-bond donors (Lipinski definition) is 1. The van der Waals surface area contributed by atoms with Crippen molar-refractivity contribution in [3.8, 4) is 11.5 Å². The topological polar surface area (TPSA) is 81.5 Å². The first-order chi connectivity index (χ1) is 10.1. The highest BCUT2D eigenvalue weighted by Gasteiger charge is 2.17. The van der Waals surface area contributed by atoms with Crippen molar-refractivity contribution in [1.82, 2.24) is 14.9 Å². The lowest BCUT2D eigenvalue weighted by Crippen LogP contribution is -2.22. The third-order valence-electron chi connectivity index (χ3n) is 2.79. The van der Waals surface area contributed by atoms with Crippen molar-refractivity contribution in [3.05, 3.63) is 43.5 Å². The zero-order valence-electron chi connectivity index (χ0n) is 10.8. The second-order valence-electron chi connectivity index (χ2n) is 4.21. The Morgan fingerprint density at radius 2 is 2.33 bits per heavy atom. The van der Waals surface area contributed by atoms with Gasteiger partial charge in [-0.1, -0.05) is 11.6 Å². The third-order valence-corrected chi connectivity index (χ3v) is 3.33. The molecular formula is C12H9ClN4O3S. The SMILES string of the molecule is Cc1n[nH]c(=S)n(/N=C\c2cc(Cl)c3c(c2)OCO3)c1=O. The molecule has 1 aliphatic rings. The number of benzene rings is 1. The van der Waals surface area contributed by atoms with Crippen LogP contribution in [0.1, 0.15) is 11.3 Å². The van der Waals surface area contributed by atoms with Crippen molar-refractivity contribution in [3.63, 3.8) is 0 Å². The fourth-order valence-electron chi connectivity index (χ4n) is 1.76. The molecular weight excluding hydrogens is 316 g/mol. The summed E-state index contributed by atoms with van der Waals surface area (Å²) in [4.78, 5) is 11.9. The molecule has 1 N–H and O–H groups in total. The highest BCUT2D eigenvalue weighted by molar-refractivity contribution is 7.71. The van der Waals surface area contributed by atoms with E-state index in [0.717, 1.165) is 4.68 Å². The number of nitrogens with one attached hydrogen (secondary N) is 1. The van der Waals surface area contributed by atoms with E-state index in [9.17, 15) is 4.79 Å². The van der Waals surface area contributed by atoms with Gasteiger partial charge in [0.15, 0.2) is 11.5 Å². The molecule has 21 heavy (non-hydrogen) atoms. The van der Waals surface area contributed by atoms with Gasteiger partial charge in [0.05, 0.1) is 11.2 Å². The zero-order chi connectivity index (χ0) is 15.0. The summed E-state index contributed by atoms with van der Waals surface area (Å²) in [5.74, 6) is 1.04. The molecule has 3 rings (SSSR count). The molecule has 0 amide bonds. The minimum absolute atomic E-state index is 0.105. The zero-order valence-corrected chi connectivity index (χ0v) is 12.4. The third kappa shape index (κ3) is 2.55. The van der Waals surface area contributed by atoms with Gasteiger partial charge in [-0.15, -0.1) is 0 Å². The molecule has 0 atom stereocenters. The lowest BCUT2D eigenvalue weighted by molar-refractivity contribution is 0.174. The molecule has 9 heteroatoms. The lowest BCUT2D eigenvalue weighted by Gasteiger charge is -2.02. The van der Waals surface area contributed by atoms with E-state index in [0.29, 0.717) is 22.1 Å². The largest absolute Gasteiger partial charge is 0.454 e. The lowest BCUT2D eigenvalue weighted by atomic mass is 10.2. The van der Waals surface area contributed by atoms with Crippen LogP contribution in [0.25, 0.3) is 0 Å². The molecule has 0 aliphatic carbocycles. The smallest absolute Gasteiger partial charge is 0.296 e. The predicted molar refractivity (Wildman–Crippen MR) is 79.0 cm³/mol. The van der Waals surface area contributed by atoms with Gasteiger partial charge in [-0.2, -0.15) is 14.9 Å². The highest BCUT2D eigenvalue weighted by atomic mass is 35.5. The van der Waals surface area contributed by atoms with Crippen LogP contribution in [0.2, 0.25) is 5.02 Å². The van der Waals surface area contributed by atoms with Crippen LogP contribution in [0, 0.1) is 11.7 Å². The van der Waals surface area contributed by atoms with Gasteiger partial charge in [0.1, 0.15) is 5.69 Å². The first kappa shape index (κ1) is 13.8. The number of H-pyrrole nitrogens is 1. The standard InChI is InChI=1S/C12H9ClN4O3S/c1-6-11(18)17(12(21)16-15-6)14-4-7-2-8(13)10-9(3-7)19-5-20-10/h2-4H,5H2,1H3,(H,16,21)/b14-4-. The Morgan fingerprint density at radius 3 is 3.14 bits per heavy atom. The van der Waals surface area contributed by atoms with Gasteiger partial charge in [-0.05, 0) is 36.8 Å². The quantitative estimate of drug-likeness (QED) is 0.673. The molecule has 0 unspecified atom stereocenters. The fraction of sp³-hybridized carbons (Fsp3) is 0.167. The summed E-state index contributed by atoms with van der Waals surface area (Å²) in [7, 11) is 0. The van der Waals surface area contributed by atoms with Gasteiger partial charge in [0.2, 0.25) is 11.6 Å². The van der Waals surface area contributed by atoms with Crippen molar-refractivity contribution in [2.45, 2.75) is 6.92 Å². The van der Waals surface area contributed by atoms with Crippen LogP contribution in [0.15, 0.2) is 22.0 Å². The predicted octanol–water partition coefficient (Wildman–Crippen LogP) is 1.87. The number of aromatic nitrogens is 3. The molecule has 0 saturated heterocycles. The molecule has 1 aliphatic heterocycles. The van der Waals surface area contributed by atoms with Crippen molar-refractivity contribution in [2.24, 2.45) is 5.10 Å². The number of aryl methyl sites for hydroxylation is 1. The Hall–Kier alpha value is -2.19. The first-order valence-electron chi connectivity index (χ1n) is 5.88. The van der Waals surface area contributed by atoms with Crippen LogP contribution in [0.3, 0.4) is 0 Å². The van der Waals surface area contributed by atoms with E-state index in [1.807, 2.05) is 0 Å². The van der Waals surface area contributed by atoms with Crippen LogP contribution in [-0.4, -0.2) is 27.9 Å². The number of ether oxygens (including phenoxy) is 2. The number of hydrogen-bond acceptors (Lipinski definition) is 6. The van der Waals surface area contributed by atoms with Crippen molar-refractivity contribution < 1.29 is 9.47 Å². The van der Waals surface area contributed by atoms with Gasteiger partial charge in [-0.25, -0.2) is 0 Å². The Kier molecular flexibility index (Phi) is 3.48. The van der Waals surface area contributed by atoms with Crippen molar-refractivity contribution in [2.75, 3.05) is 6.79 Å². The summed E-state index contributed by atoms with van der Waals surface area (Å²) in [6.07, 6.45) is 1.46. The number of rotatable bonds is 2. The normalized spacial score (nSPS) is 13.0. The molecule has 108 valence electrons. The molecule has 0 spiro atoms. The maximum absolute atomic E-state index is 11.9. The molecule has 7 nitrogen and oxygen atoms in total. The average Bonchev–Trinajstić information content (AvgIpc) is 2.92. The van der Waals surface area contributed by atoms with E-state index in [1.54, 1.807) is 19.1 Å². The van der Waals surface area contributed by atoms with E-state index in [2.05, 4.69) is 15.3 Å². The summed E-state index contributed by atoms with van der Waals surface area (Å²) < 4.78 is 11.6. The minimum Gasteiger partial charge on any atom is -0.454 e. The molecule has 1 aromatic carbocycles. The first-order valence-corrected chi connectivity index (χ1v) is 6.67. The summed E-state index contributed by atoms with van der Waals surface area (Å²) in [6.45, 7) is 1.70. The Bertz CT molecular complexity index is 859. The molecule has 2 heterocycles. The summed E-state index contributed by atoms with van der Waals surface area (Å²) >= 11 is 11.1. The van der Waals surface area contributed by atoms with E-state index >= 15 is 0 Å². The van der Waals surface area contributed by atoms with Gasteiger partial charge in [0, 0.05) is 0 Å². The second-order valence-corrected chi connectivity index (χ2v) is 5.01. The van der Waals surface area contributed by atoms with E-state index in [1.165, 1.54) is 6.21 Å².